The first-order valence-corrected chi connectivity index (χ1v) is 9.27. The van der Waals surface area contributed by atoms with Gasteiger partial charge in [0.05, 0.1) is 4.90 Å². The molecule has 0 radical (unpaired) electrons. The summed E-state index contributed by atoms with van der Waals surface area (Å²) in [5.74, 6) is 0. The summed E-state index contributed by atoms with van der Waals surface area (Å²) in [7, 11) is -3.10. The molecule has 0 saturated carbocycles. The Morgan fingerprint density at radius 1 is 1.00 bits per heavy atom. The Morgan fingerprint density at radius 2 is 1.65 bits per heavy atom. The summed E-state index contributed by atoms with van der Waals surface area (Å²) in [6.07, 6.45) is 2.31. The molecule has 3 nitrogen and oxygen atoms in total. The van der Waals surface area contributed by atoms with Gasteiger partial charge in [-0.3, -0.25) is 0 Å². The van der Waals surface area contributed by atoms with Crippen molar-refractivity contribution in [3.05, 3.63) is 51.7 Å². The second kappa shape index (κ2) is 6.52. The average Bonchev–Trinajstić information content (AvgIpc) is 2.86. The van der Waals surface area contributed by atoms with Crippen LogP contribution in [0.1, 0.15) is 22.2 Å². The minimum absolute atomic E-state index is 0.368. The molecule has 1 N–H and O–H groups in total. The fourth-order valence-corrected chi connectivity index (χ4v) is 3.45. The molecule has 0 aliphatic heterocycles. The summed E-state index contributed by atoms with van der Waals surface area (Å²) < 4.78 is 22.7. The molecule has 0 saturated heterocycles. The van der Waals surface area contributed by atoms with E-state index in [2.05, 4.69) is 24.4 Å². The van der Waals surface area contributed by atoms with Gasteiger partial charge < -0.3 is 5.32 Å². The average molecular weight is 309 g/mol. The summed E-state index contributed by atoms with van der Waals surface area (Å²) in [6, 6.07) is 11.4. The number of aryl methyl sites for hydroxylation is 1. The summed E-state index contributed by atoms with van der Waals surface area (Å²) in [6.45, 7) is 3.74. The van der Waals surface area contributed by atoms with Gasteiger partial charge in [-0.2, -0.15) is 0 Å². The molecule has 0 atom stereocenters. The zero-order valence-electron chi connectivity index (χ0n) is 11.7. The maximum Gasteiger partial charge on any atom is 0.175 e. The van der Waals surface area contributed by atoms with Crippen LogP contribution >= 0.6 is 11.3 Å². The molecular weight excluding hydrogens is 290 g/mol. The first kappa shape index (κ1) is 15.2. The number of thiophene rings is 1. The quantitative estimate of drug-likeness (QED) is 0.892. The van der Waals surface area contributed by atoms with Crippen molar-refractivity contribution in [1.82, 2.24) is 5.32 Å². The molecule has 0 bridgehead atoms. The highest BCUT2D eigenvalue weighted by molar-refractivity contribution is 7.90. The number of hydrogen-bond acceptors (Lipinski definition) is 4. The molecule has 1 heterocycles. The molecule has 2 rings (SSSR count). The topological polar surface area (TPSA) is 46.2 Å². The molecule has 0 fully saturated rings. The maximum absolute atomic E-state index is 11.4. The number of sulfone groups is 1. The summed E-state index contributed by atoms with van der Waals surface area (Å²) in [5.41, 5.74) is 1.09. The number of nitrogens with one attached hydrogen (secondary N) is 1. The normalized spacial score (nSPS) is 11.7. The standard InChI is InChI=1S/C15H19NO2S2/c1-3-13-6-7-14(19-13)11-16-10-12-4-8-15(9-5-12)20(2,17)18/h4-9,16H,3,10-11H2,1-2H3. The van der Waals surface area contributed by atoms with E-state index in [1.165, 1.54) is 16.0 Å². The van der Waals surface area contributed by atoms with Gasteiger partial charge in [0.2, 0.25) is 0 Å². The lowest BCUT2D eigenvalue weighted by atomic mass is 10.2. The van der Waals surface area contributed by atoms with Gasteiger partial charge in [0, 0.05) is 29.1 Å². The molecule has 0 spiro atoms. The lowest BCUT2D eigenvalue weighted by Gasteiger charge is -2.04. The van der Waals surface area contributed by atoms with E-state index in [-0.39, 0.29) is 0 Å². The zero-order chi connectivity index (χ0) is 14.6. The van der Waals surface area contributed by atoms with Crippen LogP contribution in [0.25, 0.3) is 0 Å². The van der Waals surface area contributed by atoms with Gasteiger partial charge in [-0.25, -0.2) is 8.42 Å². The smallest absolute Gasteiger partial charge is 0.175 e. The van der Waals surface area contributed by atoms with E-state index in [9.17, 15) is 8.42 Å². The van der Waals surface area contributed by atoms with Crippen molar-refractivity contribution in [2.45, 2.75) is 31.3 Å². The minimum Gasteiger partial charge on any atom is -0.308 e. The van der Waals surface area contributed by atoms with Crippen LogP contribution in [-0.4, -0.2) is 14.7 Å². The molecule has 108 valence electrons. The van der Waals surface area contributed by atoms with Crippen LogP contribution in [0.5, 0.6) is 0 Å². The van der Waals surface area contributed by atoms with Gasteiger partial charge in [-0.1, -0.05) is 19.1 Å². The Balaban J connectivity index is 1.88. The Labute approximate surface area is 124 Å². The third-order valence-corrected chi connectivity index (χ3v) is 5.40. The highest BCUT2D eigenvalue weighted by atomic mass is 32.2. The van der Waals surface area contributed by atoms with Crippen LogP contribution in [0.4, 0.5) is 0 Å². The fraction of sp³-hybridized carbons (Fsp3) is 0.333. The summed E-state index contributed by atoms with van der Waals surface area (Å²) in [4.78, 5) is 3.10. The van der Waals surface area contributed by atoms with E-state index in [0.29, 0.717) is 4.90 Å². The zero-order valence-corrected chi connectivity index (χ0v) is 13.4. The minimum atomic E-state index is -3.10. The second-order valence-corrected chi connectivity index (χ2v) is 8.01. The van der Waals surface area contributed by atoms with Crippen molar-refractivity contribution >= 4 is 21.2 Å². The van der Waals surface area contributed by atoms with Crippen molar-refractivity contribution in [3.8, 4) is 0 Å². The van der Waals surface area contributed by atoms with Gasteiger partial charge in [0.1, 0.15) is 0 Å². The molecule has 2 aromatic rings. The highest BCUT2D eigenvalue weighted by Gasteiger charge is 2.06. The molecule has 0 aliphatic carbocycles. The van der Waals surface area contributed by atoms with Crippen LogP contribution in [0, 0.1) is 0 Å². The van der Waals surface area contributed by atoms with Crippen LogP contribution in [0.3, 0.4) is 0 Å². The van der Waals surface area contributed by atoms with E-state index in [1.807, 2.05) is 23.5 Å². The van der Waals surface area contributed by atoms with Gasteiger partial charge in [0.15, 0.2) is 9.84 Å². The second-order valence-electron chi connectivity index (χ2n) is 4.74. The number of hydrogen-bond donors (Lipinski definition) is 1. The van der Waals surface area contributed by atoms with Crippen LogP contribution in [-0.2, 0) is 29.3 Å². The van der Waals surface area contributed by atoms with Crippen molar-refractivity contribution in [1.29, 1.82) is 0 Å². The highest BCUT2D eigenvalue weighted by Crippen LogP contribution is 2.17. The molecular formula is C15H19NO2S2. The molecule has 0 amide bonds. The molecule has 5 heteroatoms. The third kappa shape index (κ3) is 4.16. The molecule has 0 aliphatic rings. The molecule has 1 aromatic heterocycles. The van der Waals surface area contributed by atoms with Crippen LogP contribution in [0.15, 0.2) is 41.3 Å². The van der Waals surface area contributed by atoms with Gasteiger partial charge >= 0.3 is 0 Å². The van der Waals surface area contributed by atoms with E-state index >= 15 is 0 Å². The van der Waals surface area contributed by atoms with Gasteiger partial charge in [0.25, 0.3) is 0 Å². The first-order chi connectivity index (χ1) is 9.49. The van der Waals surface area contributed by atoms with E-state index in [4.69, 9.17) is 0 Å². The largest absolute Gasteiger partial charge is 0.308 e. The predicted molar refractivity (Wildman–Crippen MR) is 83.8 cm³/mol. The lowest BCUT2D eigenvalue weighted by molar-refractivity contribution is 0.602. The lowest BCUT2D eigenvalue weighted by Crippen LogP contribution is -2.11. The monoisotopic (exact) mass is 309 g/mol. The van der Waals surface area contributed by atoms with E-state index in [1.54, 1.807) is 12.1 Å². The van der Waals surface area contributed by atoms with Crippen molar-refractivity contribution in [3.63, 3.8) is 0 Å². The van der Waals surface area contributed by atoms with Crippen molar-refractivity contribution < 1.29 is 8.42 Å². The Hall–Kier alpha value is -1.17. The maximum atomic E-state index is 11.4. The van der Waals surface area contributed by atoms with Gasteiger partial charge in [-0.15, -0.1) is 11.3 Å². The number of rotatable bonds is 6. The Bertz CT molecular complexity index is 657. The molecule has 1 aromatic carbocycles. The van der Waals surface area contributed by atoms with E-state index in [0.717, 1.165) is 25.1 Å². The molecule has 20 heavy (non-hydrogen) atoms. The summed E-state index contributed by atoms with van der Waals surface area (Å²) >= 11 is 1.83. The van der Waals surface area contributed by atoms with Crippen molar-refractivity contribution in [2.24, 2.45) is 0 Å². The van der Waals surface area contributed by atoms with Gasteiger partial charge in [-0.05, 0) is 36.2 Å². The number of benzene rings is 1. The first-order valence-electron chi connectivity index (χ1n) is 6.56. The van der Waals surface area contributed by atoms with Crippen LogP contribution < -0.4 is 5.32 Å². The predicted octanol–water partition coefficient (Wildman–Crippen LogP) is 3.00. The Kier molecular flexibility index (Phi) is 4.96. The molecule has 0 unspecified atom stereocenters. The van der Waals surface area contributed by atoms with Crippen LogP contribution in [0.2, 0.25) is 0 Å². The SMILES string of the molecule is CCc1ccc(CNCc2ccc(S(C)(=O)=O)cc2)s1. The third-order valence-electron chi connectivity index (χ3n) is 3.05. The fourth-order valence-electron chi connectivity index (χ4n) is 1.89. The van der Waals surface area contributed by atoms with E-state index < -0.39 is 9.84 Å². The van der Waals surface area contributed by atoms with Crippen molar-refractivity contribution in [2.75, 3.05) is 6.26 Å². The summed E-state index contributed by atoms with van der Waals surface area (Å²) in [5, 5.41) is 3.37. The Morgan fingerprint density at radius 3 is 2.20 bits per heavy atom.